The van der Waals surface area contributed by atoms with Crippen LogP contribution in [0.5, 0.6) is 0 Å². The highest BCUT2D eigenvalue weighted by Gasteiger charge is 2.51. The summed E-state index contributed by atoms with van der Waals surface area (Å²) in [5.74, 6) is -3.58. The van der Waals surface area contributed by atoms with Crippen LogP contribution in [0.15, 0.2) is 41.4 Å². The fourth-order valence-corrected chi connectivity index (χ4v) is 3.98. The SMILES string of the molecule is Cc1cc(C(/C=C(\F)c2ccc3c(c2)C(F)(F)N3CCC=NCC=O)C(F)(F)F)cc(Cl)c1C. The molecule has 34 heavy (non-hydrogen) atoms. The Morgan fingerprint density at radius 1 is 1.21 bits per heavy atom. The summed E-state index contributed by atoms with van der Waals surface area (Å²) in [6, 6.07) is 2.27. The van der Waals surface area contributed by atoms with Crippen LogP contribution in [-0.2, 0) is 10.8 Å². The van der Waals surface area contributed by atoms with E-state index in [2.05, 4.69) is 4.99 Å². The number of fused-ring (bicyclic) bond motifs is 1. The Kier molecular flexibility index (Phi) is 7.45. The third-order valence-corrected chi connectivity index (χ3v) is 6.06. The van der Waals surface area contributed by atoms with Gasteiger partial charge in [-0.2, -0.15) is 22.0 Å². The van der Waals surface area contributed by atoms with Gasteiger partial charge in [0.2, 0.25) is 0 Å². The van der Waals surface area contributed by atoms with E-state index in [4.69, 9.17) is 11.6 Å². The molecule has 0 saturated heterocycles. The molecule has 1 unspecified atom stereocenters. The second-order valence-electron chi connectivity index (χ2n) is 7.91. The first-order valence-electron chi connectivity index (χ1n) is 10.3. The molecule has 182 valence electrons. The first-order chi connectivity index (χ1) is 15.9. The first kappa shape index (κ1) is 25.8. The summed E-state index contributed by atoms with van der Waals surface area (Å²) in [5.41, 5.74) is 0.180. The number of carbonyl (C=O) groups excluding carboxylic acids is 1. The van der Waals surface area contributed by atoms with Gasteiger partial charge in [0.15, 0.2) is 0 Å². The van der Waals surface area contributed by atoms with Crippen molar-refractivity contribution in [3.63, 3.8) is 0 Å². The monoisotopic (exact) mass is 502 g/mol. The predicted molar refractivity (Wildman–Crippen MR) is 121 cm³/mol. The van der Waals surface area contributed by atoms with Crippen molar-refractivity contribution in [1.82, 2.24) is 0 Å². The number of aryl methyl sites for hydroxylation is 1. The predicted octanol–water partition coefficient (Wildman–Crippen LogP) is 7.14. The molecule has 0 bridgehead atoms. The molecular weight excluding hydrogens is 482 g/mol. The molecule has 3 rings (SSSR count). The van der Waals surface area contributed by atoms with Crippen molar-refractivity contribution < 1.29 is 31.1 Å². The van der Waals surface area contributed by atoms with Gasteiger partial charge in [0, 0.05) is 29.8 Å². The molecule has 0 amide bonds. The second-order valence-corrected chi connectivity index (χ2v) is 8.31. The van der Waals surface area contributed by atoms with E-state index in [1.54, 1.807) is 13.8 Å². The molecule has 0 fully saturated rings. The van der Waals surface area contributed by atoms with Gasteiger partial charge in [0.05, 0.1) is 17.8 Å². The van der Waals surface area contributed by atoms with Crippen molar-refractivity contribution in [2.24, 2.45) is 4.99 Å². The normalized spacial score (nSPS) is 16.4. The summed E-state index contributed by atoms with van der Waals surface area (Å²) in [6.45, 7) is 3.10. The van der Waals surface area contributed by atoms with E-state index in [0.29, 0.717) is 23.5 Å². The van der Waals surface area contributed by atoms with E-state index in [0.717, 1.165) is 23.1 Å². The number of anilines is 1. The largest absolute Gasteiger partial charge is 0.399 e. The molecule has 0 saturated carbocycles. The number of alkyl halides is 5. The number of benzene rings is 2. The van der Waals surface area contributed by atoms with Crippen LogP contribution in [0.25, 0.3) is 5.83 Å². The van der Waals surface area contributed by atoms with Crippen LogP contribution in [0.4, 0.5) is 32.0 Å². The number of allylic oxidation sites excluding steroid dienone is 1. The number of rotatable bonds is 8. The van der Waals surface area contributed by atoms with E-state index in [9.17, 15) is 31.1 Å². The molecule has 1 aliphatic rings. The third kappa shape index (κ3) is 5.14. The van der Waals surface area contributed by atoms with Gasteiger partial charge in [-0.15, -0.1) is 0 Å². The van der Waals surface area contributed by atoms with Crippen molar-refractivity contribution in [3.8, 4) is 0 Å². The Bertz CT molecular complexity index is 1120. The number of halogens is 7. The lowest BCUT2D eigenvalue weighted by Crippen LogP contribution is -2.49. The van der Waals surface area contributed by atoms with Gasteiger partial charge in [-0.3, -0.25) is 4.99 Å². The molecule has 10 heteroatoms. The minimum Gasteiger partial charge on any atom is -0.308 e. The zero-order valence-electron chi connectivity index (χ0n) is 18.3. The maximum absolute atomic E-state index is 14.9. The number of aldehydes is 1. The fourth-order valence-electron chi connectivity index (χ4n) is 3.71. The number of nitrogens with zero attached hydrogens (tertiary/aromatic N) is 2. The smallest absolute Gasteiger partial charge is 0.308 e. The number of hydrogen-bond acceptors (Lipinski definition) is 3. The van der Waals surface area contributed by atoms with E-state index >= 15 is 0 Å². The average molecular weight is 503 g/mol. The molecule has 2 aromatic carbocycles. The van der Waals surface area contributed by atoms with Gasteiger partial charge in [0.1, 0.15) is 18.0 Å². The highest BCUT2D eigenvalue weighted by molar-refractivity contribution is 6.31. The molecule has 0 radical (unpaired) electrons. The molecule has 3 nitrogen and oxygen atoms in total. The standard InChI is InChI=1S/C24H21ClF6N2O/c1-14-10-17(12-20(25)15(14)2)18(23(27,28)29)13-21(26)16-4-5-22-19(11-16)24(30,31)33(22)8-3-6-32-7-9-34/h4-6,9-13,18H,3,7-8H2,1-2H3/b21-13-,32-6?. The Balaban J connectivity index is 1.89. The summed E-state index contributed by atoms with van der Waals surface area (Å²) in [4.78, 5) is 14.7. The quantitative estimate of drug-likeness (QED) is 0.166. The van der Waals surface area contributed by atoms with Crippen molar-refractivity contribution in [2.75, 3.05) is 18.0 Å². The van der Waals surface area contributed by atoms with Crippen molar-refractivity contribution >= 4 is 35.6 Å². The average Bonchev–Trinajstić information content (AvgIpc) is 2.76. The fraction of sp³-hybridized carbons (Fsp3) is 0.333. The summed E-state index contributed by atoms with van der Waals surface area (Å²) < 4.78 is 85.3. The van der Waals surface area contributed by atoms with Gasteiger partial charge < -0.3 is 9.69 Å². The summed E-state index contributed by atoms with van der Waals surface area (Å²) in [5, 5.41) is 0.120. The summed E-state index contributed by atoms with van der Waals surface area (Å²) in [6.07, 6.45) is -2.36. The number of hydrogen-bond donors (Lipinski definition) is 0. The van der Waals surface area contributed by atoms with Gasteiger partial charge >= 0.3 is 12.2 Å². The van der Waals surface area contributed by atoms with Gasteiger partial charge in [-0.05, 0) is 60.9 Å². The maximum Gasteiger partial charge on any atom is 0.399 e. The molecular formula is C24H21ClF6N2O. The minimum absolute atomic E-state index is 0.0603. The molecule has 1 aliphatic heterocycles. The van der Waals surface area contributed by atoms with E-state index in [-0.39, 0.29) is 41.3 Å². The van der Waals surface area contributed by atoms with Crippen molar-refractivity contribution in [1.29, 1.82) is 0 Å². The minimum atomic E-state index is -4.83. The Labute approximate surface area is 197 Å². The summed E-state index contributed by atoms with van der Waals surface area (Å²) in [7, 11) is 0. The van der Waals surface area contributed by atoms with Crippen LogP contribution in [0, 0.1) is 13.8 Å². The van der Waals surface area contributed by atoms with Gasteiger partial charge in [-0.25, -0.2) is 4.39 Å². The molecule has 2 aromatic rings. The Morgan fingerprint density at radius 2 is 1.91 bits per heavy atom. The molecule has 1 atom stereocenters. The third-order valence-electron chi connectivity index (χ3n) is 5.67. The molecule has 1 heterocycles. The zero-order valence-corrected chi connectivity index (χ0v) is 19.0. The zero-order chi connectivity index (χ0) is 25.3. The lowest BCUT2D eigenvalue weighted by molar-refractivity contribution is -0.139. The molecule has 0 aromatic heterocycles. The number of aliphatic imine (C=N–C) groups is 1. The molecule has 0 aliphatic carbocycles. The van der Waals surface area contributed by atoms with E-state index in [1.807, 2.05) is 0 Å². The molecule has 0 N–H and O–H groups in total. The Hall–Kier alpha value is -2.81. The highest BCUT2D eigenvalue weighted by atomic mass is 35.5. The lowest BCUT2D eigenvalue weighted by atomic mass is 9.92. The van der Waals surface area contributed by atoms with Crippen LogP contribution in [0.3, 0.4) is 0 Å². The summed E-state index contributed by atoms with van der Waals surface area (Å²) >= 11 is 6.03. The van der Waals surface area contributed by atoms with E-state index < -0.39 is 29.5 Å². The van der Waals surface area contributed by atoms with Crippen LogP contribution < -0.4 is 4.90 Å². The van der Waals surface area contributed by atoms with Crippen molar-refractivity contribution in [2.45, 2.75) is 38.4 Å². The van der Waals surface area contributed by atoms with E-state index in [1.165, 1.54) is 18.3 Å². The topological polar surface area (TPSA) is 32.7 Å². The number of carbonyl (C=O) groups is 1. The van der Waals surface area contributed by atoms with Crippen LogP contribution in [0.1, 0.15) is 40.2 Å². The van der Waals surface area contributed by atoms with Gasteiger partial charge in [0.25, 0.3) is 0 Å². The van der Waals surface area contributed by atoms with Crippen LogP contribution in [0.2, 0.25) is 5.02 Å². The maximum atomic E-state index is 14.9. The Morgan fingerprint density at radius 3 is 2.53 bits per heavy atom. The highest BCUT2D eigenvalue weighted by Crippen LogP contribution is 2.51. The lowest BCUT2D eigenvalue weighted by Gasteiger charge is -2.44. The first-order valence-corrected chi connectivity index (χ1v) is 10.7. The van der Waals surface area contributed by atoms with Crippen LogP contribution in [-0.4, -0.2) is 31.8 Å². The molecule has 0 spiro atoms. The van der Waals surface area contributed by atoms with Crippen LogP contribution >= 0.6 is 11.6 Å². The van der Waals surface area contributed by atoms with Crippen molar-refractivity contribution in [3.05, 3.63) is 69.2 Å². The second kappa shape index (κ2) is 9.82. The van der Waals surface area contributed by atoms with Gasteiger partial charge in [-0.1, -0.05) is 17.7 Å².